The molecule has 126 valence electrons. The topological polar surface area (TPSA) is 71.3 Å². The molecule has 0 spiro atoms. The summed E-state index contributed by atoms with van der Waals surface area (Å²) in [7, 11) is 1.95. The summed E-state index contributed by atoms with van der Waals surface area (Å²) in [5, 5.41) is 7.30. The molecule has 2 aliphatic rings. The van der Waals surface area contributed by atoms with Gasteiger partial charge in [0.05, 0.1) is 0 Å². The van der Waals surface area contributed by atoms with Gasteiger partial charge in [0.1, 0.15) is 0 Å². The Hall–Kier alpha value is -2.21. The molecule has 1 amide bonds. The van der Waals surface area contributed by atoms with Crippen molar-refractivity contribution in [2.45, 2.75) is 37.6 Å². The third kappa shape index (κ3) is 3.06. The van der Waals surface area contributed by atoms with Crippen molar-refractivity contribution in [1.82, 2.24) is 20.4 Å². The van der Waals surface area contributed by atoms with Crippen LogP contribution in [0.3, 0.4) is 0 Å². The Balaban J connectivity index is 1.47. The number of piperidine rings is 1. The van der Waals surface area contributed by atoms with Crippen LogP contribution in [-0.4, -0.2) is 47.1 Å². The highest BCUT2D eigenvalue weighted by Gasteiger charge is 2.29. The summed E-state index contributed by atoms with van der Waals surface area (Å²) in [6.07, 6.45) is 4.46. The molecule has 2 aromatic rings. The van der Waals surface area contributed by atoms with Crippen molar-refractivity contribution in [2.24, 2.45) is 0 Å². The lowest BCUT2D eigenvalue weighted by molar-refractivity contribution is 0.0698. The van der Waals surface area contributed by atoms with Crippen molar-refractivity contribution in [3.05, 3.63) is 35.7 Å². The number of hydrogen-bond acceptors (Lipinski definition) is 5. The number of amides is 1. The van der Waals surface area contributed by atoms with Gasteiger partial charge in [0.15, 0.2) is 5.82 Å². The van der Waals surface area contributed by atoms with E-state index < -0.39 is 0 Å². The first-order chi connectivity index (χ1) is 11.7. The molecule has 1 atom stereocenters. The standard InChI is InChI=1S/C18H22N4O2/c1-19-15-3-2-10-22(11-15)18(23)14-8-6-13(7-9-14)17-20-16(21-24-17)12-4-5-12/h6-9,12,15,19H,2-5,10-11H2,1H3. The van der Waals surface area contributed by atoms with Crippen LogP contribution in [0.1, 0.15) is 47.8 Å². The molecule has 1 N–H and O–H groups in total. The van der Waals surface area contributed by atoms with E-state index in [2.05, 4.69) is 15.5 Å². The van der Waals surface area contributed by atoms with E-state index in [1.807, 2.05) is 36.2 Å². The molecule has 1 aromatic carbocycles. The van der Waals surface area contributed by atoms with Gasteiger partial charge in [0, 0.05) is 36.2 Å². The van der Waals surface area contributed by atoms with Crippen LogP contribution in [0.2, 0.25) is 0 Å². The molecule has 2 heterocycles. The lowest BCUT2D eigenvalue weighted by atomic mass is 10.0. The molecule has 1 unspecified atom stereocenters. The summed E-state index contributed by atoms with van der Waals surface area (Å²) in [6, 6.07) is 7.86. The van der Waals surface area contributed by atoms with Gasteiger partial charge in [0.2, 0.25) is 0 Å². The Bertz CT molecular complexity index is 721. The van der Waals surface area contributed by atoms with E-state index >= 15 is 0 Å². The number of nitrogens with one attached hydrogen (secondary N) is 1. The summed E-state index contributed by atoms with van der Waals surface area (Å²) in [5.41, 5.74) is 1.56. The van der Waals surface area contributed by atoms with Crippen molar-refractivity contribution in [3.63, 3.8) is 0 Å². The summed E-state index contributed by atoms with van der Waals surface area (Å²) >= 11 is 0. The molecule has 24 heavy (non-hydrogen) atoms. The maximum absolute atomic E-state index is 12.7. The molecule has 4 rings (SSSR count). The molecule has 1 saturated carbocycles. The van der Waals surface area contributed by atoms with Gasteiger partial charge in [0.25, 0.3) is 11.8 Å². The van der Waals surface area contributed by atoms with Gasteiger partial charge in [-0.3, -0.25) is 4.79 Å². The van der Waals surface area contributed by atoms with Gasteiger partial charge in [-0.2, -0.15) is 4.98 Å². The lowest BCUT2D eigenvalue weighted by Gasteiger charge is -2.32. The number of benzene rings is 1. The van der Waals surface area contributed by atoms with E-state index in [1.54, 1.807) is 0 Å². The molecule has 0 bridgehead atoms. The van der Waals surface area contributed by atoms with Crippen LogP contribution < -0.4 is 5.32 Å². The van der Waals surface area contributed by atoms with E-state index in [9.17, 15) is 4.79 Å². The molecule has 1 aromatic heterocycles. The second kappa shape index (κ2) is 6.36. The van der Waals surface area contributed by atoms with Crippen LogP contribution in [0.4, 0.5) is 0 Å². The van der Waals surface area contributed by atoms with Gasteiger partial charge < -0.3 is 14.7 Å². The summed E-state index contributed by atoms with van der Waals surface area (Å²) in [6.45, 7) is 1.60. The summed E-state index contributed by atoms with van der Waals surface area (Å²) in [5.74, 6) is 1.90. The Kier molecular flexibility index (Phi) is 4.06. The molecule has 1 saturated heterocycles. The highest BCUT2D eigenvalue weighted by molar-refractivity contribution is 5.94. The predicted molar refractivity (Wildman–Crippen MR) is 89.7 cm³/mol. The number of carbonyl (C=O) groups excluding carboxylic acids is 1. The van der Waals surface area contributed by atoms with Gasteiger partial charge >= 0.3 is 0 Å². The fourth-order valence-corrected chi connectivity index (χ4v) is 3.19. The molecule has 6 nitrogen and oxygen atoms in total. The first-order valence-electron chi connectivity index (χ1n) is 8.65. The molecule has 2 fully saturated rings. The molecule has 6 heteroatoms. The van der Waals surface area contributed by atoms with E-state index in [4.69, 9.17) is 4.52 Å². The molecule has 1 aliphatic carbocycles. The smallest absolute Gasteiger partial charge is 0.257 e. The number of rotatable bonds is 4. The number of aromatic nitrogens is 2. The molecular weight excluding hydrogens is 304 g/mol. The normalized spacial score (nSPS) is 21.0. The third-order valence-corrected chi connectivity index (χ3v) is 4.88. The molecule has 1 aliphatic heterocycles. The van der Waals surface area contributed by atoms with Crippen molar-refractivity contribution < 1.29 is 9.32 Å². The van der Waals surface area contributed by atoms with Crippen LogP contribution in [0.15, 0.2) is 28.8 Å². The molecule has 0 radical (unpaired) electrons. The number of nitrogens with zero attached hydrogens (tertiary/aromatic N) is 3. The maximum Gasteiger partial charge on any atom is 0.257 e. The third-order valence-electron chi connectivity index (χ3n) is 4.88. The number of likely N-dealkylation sites (N-methyl/N-ethyl adjacent to an activating group) is 1. The largest absolute Gasteiger partial charge is 0.337 e. The zero-order valence-corrected chi connectivity index (χ0v) is 13.9. The van der Waals surface area contributed by atoms with Crippen molar-refractivity contribution >= 4 is 5.91 Å². The quantitative estimate of drug-likeness (QED) is 0.934. The van der Waals surface area contributed by atoms with Gasteiger partial charge in [-0.1, -0.05) is 5.16 Å². The minimum atomic E-state index is 0.0886. The zero-order chi connectivity index (χ0) is 16.5. The number of carbonyl (C=O) groups is 1. The fraction of sp³-hybridized carbons (Fsp3) is 0.500. The van der Waals surface area contributed by atoms with Gasteiger partial charge in [-0.05, 0) is 57.0 Å². The lowest BCUT2D eigenvalue weighted by Crippen LogP contribution is -2.46. The Morgan fingerprint density at radius 2 is 2.04 bits per heavy atom. The van der Waals surface area contributed by atoms with Crippen molar-refractivity contribution in [2.75, 3.05) is 20.1 Å². The second-order valence-corrected chi connectivity index (χ2v) is 6.69. The van der Waals surface area contributed by atoms with E-state index in [0.717, 1.165) is 50.2 Å². The predicted octanol–water partition coefficient (Wildman–Crippen LogP) is 2.44. The highest BCUT2D eigenvalue weighted by atomic mass is 16.5. The van der Waals surface area contributed by atoms with E-state index in [0.29, 0.717) is 23.4 Å². The number of hydrogen-bond donors (Lipinski definition) is 1. The Labute approximate surface area is 141 Å². The monoisotopic (exact) mass is 326 g/mol. The summed E-state index contributed by atoms with van der Waals surface area (Å²) in [4.78, 5) is 19.0. The van der Waals surface area contributed by atoms with Crippen molar-refractivity contribution in [1.29, 1.82) is 0 Å². The van der Waals surface area contributed by atoms with E-state index in [1.165, 1.54) is 0 Å². The Morgan fingerprint density at radius 3 is 2.75 bits per heavy atom. The second-order valence-electron chi connectivity index (χ2n) is 6.69. The fourth-order valence-electron chi connectivity index (χ4n) is 3.19. The van der Waals surface area contributed by atoms with Gasteiger partial charge in [-0.15, -0.1) is 0 Å². The Morgan fingerprint density at radius 1 is 1.25 bits per heavy atom. The SMILES string of the molecule is CNC1CCCN(C(=O)c2ccc(-c3nc(C4CC4)no3)cc2)C1. The van der Waals surface area contributed by atoms with Crippen LogP contribution in [-0.2, 0) is 0 Å². The molecular formula is C18H22N4O2. The minimum Gasteiger partial charge on any atom is -0.337 e. The van der Waals surface area contributed by atoms with Crippen molar-refractivity contribution in [3.8, 4) is 11.5 Å². The first-order valence-corrected chi connectivity index (χ1v) is 8.65. The van der Waals surface area contributed by atoms with Crippen LogP contribution >= 0.6 is 0 Å². The highest BCUT2D eigenvalue weighted by Crippen LogP contribution is 2.38. The van der Waals surface area contributed by atoms with Gasteiger partial charge in [-0.25, -0.2) is 0 Å². The average Bonchev–Trinajstić information content (AvgIpc) is 3.38. The van der Waals surface area contributed by atoms with Crippen LogP contribution in [0, 0.1) is 0 Å². The zero-order valence-electron chi connectivity index (χ0n) is 13.9. The van der Waals surface area contributed by atoms with Crippen LogP contribution in [0.5, 0.6) is 0 Å². The summed E-state index contributed by atoms with van der Waals surface area (Å²) < 4.78 is 5.33. The average molecular weight is 326 g/mol. The number of likely N-dealkylation sites (tertiary alicyclic amines) is 1. The first kappa shape index (κ1) is 15.3. The van der Waals surface area contributed by atoms with Crippen LogP contribution in [0.25, 0.3) is 11.5 Å². The maximum atomic E-state index is 12.7. The van der Waals surface area contributed by atoms with E-state index in [-0.39, 0.29) is 5.91 Å². The minimum absolute atomic E-state index is 0.0886.